The molecule has 0 radical (unpaired) electrons. The molecule has 3 unspecified atom stereocenters. The maximum atomic E-state index is 6.33. The maximum absolute atomic E-state index is 6.33. The van der Waals surface area contributed by atoms with Gasteiger partial charge in [0.05, 0.1) is 7.11 Å². The Labute approximate surface area is 103 Å². The van der Waals surface area contributed by atoms with Crippen molar-refractivity contribution >= 4 is 0 Å². The van der Waals surface area contributed by atoms with E-state index < -0.39 is 0 Å². The highest BCUT2D eigenvalue weighted by Gasteiger charge is 2.47. The molecule has 0 saturated heterocycles. The molecule has 1 aromatic rings. The van der Waals surface area contributed by atoms with Crippen LogP contribution in [0.5, 0.6) is 5.75 Å². The van der Waals surface area contributed by atoms with Crippen LogP contribution < -0.4 is 10.5 Å². The van der Waals surface area contributed by atoms with Crippen LogP contribution in [0.4, 0.5) is 0 Å². The molecule has 2 aliphatic carbocycles. The zero-order chi connectivity index (χ0) is 11.8. The largest absolute Gasteiger partial charge is 0.497 e. The molecule has 0 bridgehead atoms. The van der Waals surface area contributed by atoms with E-state index in [1.165, 1.54) is 24.8 Å². The van der Waals surface area contributed by atoms with Crippen molar-refractivity contribution in [1.29, 1.82) is 0 Å². The van der Waals surface area contributed by atoms with Gasteiger partial charge in [-0.05, 0) is 61.1 Å². The van der Waals surface area contributed by atoms with Gasteiger partial charge in [-0.15, -0.1) is 0 Å². The molecule has 0 heterocycles. The van der Waals surface area contributed by atoms with Gasteiger partial charge in [0, 0.05) is 6.04 Å². The first-order valence-corrected chi connectivity index (χ1v) is 6.65. The van der Waals surface area contributed by atoms with Gasteiger partial charge in [0.15, 0.2) is 0 Å². The molecule has 1 aromatic carbocycles. The van der Waals surface area contributed by atoms with Gasteiger partial charge >= 0.3 is 0 Å². The SMILES string of the molecule is COc1ccc(CC(N)C2CC3CC3C2)cc1. The summed E-state index contributed by atoms with van der Waals surface area (Å²) in [6.45, 7) is 0. The number of fused-ring (bicyclic) bond motifs is 1. The Morgan fingerprint density at radius 2 is 1.82 bits per heavy atom. The highest BCUT2D eigenvalue weighted by atomic mass is 16.5. The van der Waals surface area contributed by atoms with Gasteiger partial charge in [-0.2, -0.15) is 0 Å². The fourth-order valence-corrected chi connectivity index (χ4v) is 3.31. The third-order valence-electron chi connectivity index (χ3n) is 4.52. The molecule has 0 aromatic heterocycles. The number of methoxy groups -OCH3 is 1. The summed E-state index contributed by atoms with van der Waals surface area (Å²) in [5.74, 6) is 3.74. The summed E-state index contributed by atoms with van der Waals surface area (Å²) < 4.78 is 5.16. The van der Waals surface area contributed by atoms with Crippen LogP contribution in [0.25, 0.3) is 0 Å². The van der Waals surface area contributed by atoms with Gasteiger partial charge in [-0.1, -0.05) is 12.1 Å². The molecule has 0 amide bonds. The number of hydrogen-bond acceptors (Lipinski definition) is 2. The minimum absolute atomic E-state index is 0.344. The van der Waals surface area contributed by atoms with Crippen molar-refractivity contribution in [2.45, 2.75) is 31.7 Å². The average Bonchev–Trinajstić information content (AvgIpc) is 2.97. The number of nitrogens with two attached hydrogens (primary N) is 1. The van der Waals surface area contributed by atoms with Gasteiger partial charge in [0.1, 0.15) is 5.75 Å². The van der Waals surface area contributed by atoms with E-state index in [4.69, 9.17) is 10.5 Å². The second-order valence-corrected chi connectivity index (χ2v) is 5.70. The molecule has 0 aliphatic heterocycles. The van der Waals surface area contributed by atoms with E-state index in [9.17, 15) is 0 Å². The smallest absolute Gasteiger partial charge is 0.118 e. The Hall–Kier alpha value is -1.02. The Morgan fingerprint density at radius 1 is 1.18 bits per heavy atom. The second-order valence-electron chi connectivity index (χ2n) is 5.70. The summed E-state index contributed by atoms with van der Waals surface area (Å²) in [6, 6.07) is 8.65. The van der Waals surface area contributed by atoms with Crippen LogP contribution >= 0.6 is 0 Å². The Bertz CT molecular complexity index is 376. The standard InChI is InChI=1S/C15H21NO/c1-17-14-4-2-10(3-5-14)6-15(16)13-8-11-7-12(11)9-13/h2-5,11-13,15H,6-9,16H2,1H3. The first kappa shape index (κ1) is 11.1. The van der Waals surface area contributed by atoms with E-state index in [0.717, 1.165) is 29.9 Å². The predicted molar refractivity (Wildman–Crippen MR) is 69.0 cm³/mol. The lowest BCUT2D eigenvalue weighted by atomic mass is 9.90. The van der Waals surface area contributed by atoms with Crippen LogP contribution in [-0.4, -0.2) is 13.2 Å². The van der Waals surface area contributed by atoms with Gasteiger partial charge in [-0.25, -0.2) is 0 Å². The molecule has 92 valence electrons. The van der Waals surface area contributed by atoms with E-state index in [0.29, 0.717) is 6.04 Å². The minimum atomic E-state index is 0.344. The third kappa shape index (κ3) is 2.32. The van der Waals surface area contributed by atoms with Crippen molar-refractivity contribution in [2.24, 2.45) is 23.5 Å². The summed E-state index contributed by atoms with van der Waals surface area (Å²) in [4.78, 5) is 0. The van der Waals surface area contributed by atoms with Gasteiger partial charge in [0.25, 0.3) is 0 Å². The van der Waals surface area contributed by atoms with E-state index in [-0.39, 0.29) is 0 Å². The highest BCUT2D eigenvalue weighted by Crippen LogP contribution is 2.55. The van der Waals surface area contributed by atoms with Crippen LogP contribution in [0, 0.1) is 17.8 Å². The number of ether oxygens (including phenoxy) is 1. The van der Waals surface area contributed by atoms with Crippen molar-refractivity contribution in [1.82, 2.24) is 0 Å². The first-order valence-electron chi connectivity index (χ1n) is 6.65. The van der Waals surface area contributed by atoms with Gasteiger partial charge < -0.3 is 10.5 Å². The van der Waals surface area contributed by atoms with E-state index >= 15 is 0 Å². The predicted octanol–water partition coefficient (Wildman–Crippen LogP) is 2.61. The molecule has 2 saturated carbocycles. The molecule has 0 spiro atoms. The van der Waals surface area contributed by atoms with E-state index in [2.05, 4.69) is 12.1 Å². The van der Waals surface area contributed by atoms with Crippen molar-refractivity contribution in [3.05, 3.63) is 29.8 Å². The Kier molecular flexibility index (Phi) is 2.83. The van der Waals surface area contributed by atoms with Crippen molar-refractivity contribution in [2.75, 3.05) is 7.11 Å². The van der Waals surface area contributed by atoms with Crippen LogP contribution in [0.3, 0.4) is 0 Å². The zero-order valence-electron chi connectivity index (χ0n) is 10.4. The molecule has 2 aliphatic rings. The maximum Gasteiger partial charge on any atom is 0.118 e. The van der Waals surface area contributed by atoms with Crippen molar-refractivity contribution in [3.8, 4) is 5.75 Å². The number of hydrogen-bond donors (Lipinski definition) is 1. The summed E-state index contributed by atoms with van der Waals surface area (Å²) in [5.41, 5.74) is 7.67. The summed E-state index contributed by atoms with van der Waals surface area (Å²) in [6.07, 6.45) is 5.24. The fourth-order valence-electron chi connectivity index (χ4n) is 3.31. The molecule has 3 rings (SSSR count). The molecule has 2 nitrogen and oxygen atoms in total. The average molecular weight is 231 g/mol. The first-order chi connectivity index (χ1) is 8.26. The Morgan fingerprint density at radius 3 is 2.41 bits per heavy atom. The zero-order valence-corrected chi connectivity index (χ0v) is 10.4. The van der Waals surface area contributed by atoms with Crippen molar-refractivity contribution < 1.29 is 4.74 Å². The lowest BCUT2D eigenvalue weighted by molar-refractivity contribution is 0.392. The molecule has 3 atom stereocenters. The normalized spacial score (nSPS) is 32.0. The third-order valence-corrected chi connectivity index (χ3v) is 4.52. The molecule has 2 fully saturated rings. The fraction of sp³-hybridized carbons (Fsp3) is 0.600. The molecule has 17 heavy (non-hydrogen) atoms. The quantitative estimate of drug-likeness (QED) is 0.864. The van der Waals surface area contributed by atoms with Crippen molar-refractivity contribution in [3.63, 3.8) is 0 Å². The Balaban J connectivity index is 1.57. The molecular weight excluding hydrogens is 210 g/mol. The number of benzene rings is 1. The monoisotopic (exact) mass is 231 g/mol. The highest BCUT2D eigenvalue weighted by molar-refractivity contribution is 5.27. The minimum Gasteiger partial charge on any atom is -0.497 e. The van der Waals surface area contributed by atoms with Crippen LogP contribution in [0.2, 0.25) is 0 Å². The topological polar surface area (TPSA) is 35.2 Å². The molecule has 2 N–H and O–H groups in total. The van der Waals surface area contributed by atoms with Crippen LogP contribution in [0.1, 0.15) is 24.8 Å². The van der Waals surface area contributed by atoms with Crippen LogP contribution in [0.15, 0.2) is 24.3 Å². The molecule has 2 heteroatoms. The van der Waals surface area contributed by atoms with Gasteiger partial charge in [-0.3, -0.25) is 0 Å². The summed E-state index contributed by atoms with van der Waals surface area (Å²) >= 11 is 0. The number of rotatable bonds is 4. The molecular formula is C15H21NO. The second kappa shape index (κ2) is 4.34. The van der Waals surface area contributed by atoms with Crippen LogP contribution in [-0.2, 0) is 6.42 Å². The summed E-state index contributed by atoms with van der Waals surface area (Å²) in [7, 11) is 1.70. The summed E-state index contributed by atoms with van der Waals surface area (Å²) in [5, 5.41) is 0. The van der Waals surface area contributed by atoms with E-state index in [1.54, 1.807) is 7.11 Å². The van der Waals surface area contributed by atoms with Gasteiger partial charge in [0.2, 0.25) is 0 Å². The lowest BCUT2D eigenvalue weighted by Gasteiger charge is -2.20. The lowest BCUT2D eigenvalue weighted by Crippen LogP contribution is -2.31. The van der Waals surface area contributed by atoms with E-state index in [1.807, 2.05) is 12.1 Å².